The number of piperazine rings is 1. The first-order chi connectivity index (χ1) is 16.5. The summed E-state index contributed by atoms with van der Waals surface area (Å²) in [6.07, 6.45) is 5.17. The number of hydrogen-bond donors (Lipinski definition) is 1. The predicted molar refractivity (Wildman–Crippen MR) is 126 cm³/mol. The average Bonchev–Trinajstić information content (AvgIpc) is 2.85. The van der Waals surface area contributed by atoms with Gasteiger partial charge in [-0.05, 0) is 48.7 Å². The van der Waals surface area contributed by atoms with Crippen LogP contribution < -0.4 is 0 Å². The van der Waals surface area contributed by atoms with E-state index in [0.717, 1.165) is 36.8 Å². The molecule has 3 fully saturated rings. The third-order valence-electron chi connectivity index (χ3n) is 7.49. The zero-order valence-electron chi connectivity index (χ0n) is 19.1. The van der Waals surface area contributed by atoms with E-state index in [1.165, 1.54) is 18.6 Å². The summed E-state index contributed by atoms with van der Waals surface area (Å²) in [6.45, 7) is 0.525. The van der Waals surface area contributed by atoms with Crippen LogP contribution in [0.2, 0.25) is 0 Å². The minimum atomic E-state index is -0.315. The van der Waals surface area contributed by atoms with Crippen LogP contribution in [-0.4, -0.2) is 58.5 Å². The van der Waals surface area contributed by atoms with E-state index in [1.807, 2.05) is 24.3 Å². The van der Waals surface area contributed by atoms with E-state index >= 15 is 0 Å². The highest BCUT2D eigenvalue weighted by Crippen LogP contribution is 2.43. The van der Waals surface area contributed by atoms with E-state index < -0.39 is 0 Å². The first-order valence-electron chi connectivity index (χ1n) is 12.1. The van der Waals surface area contributed by atoms with Gasteiger partial charge in [-0.2, -0.15) is 0 Å². The topological polar surface area (TPSA) is 60.9 Å². The zero-order valence-corrected chi connectivity index (χ0v) is 19.1. The molecule has 0 spiro atoms. The van der Waals surface area contributed by atoms with E-state index in [9.17, 15) is 19.1 Å². The molecule has 0 unspecified atom stereocenters. The van der Waals surface area contributed by atoms with Crippen LogP contribution in [0.3, 0.4) is 0 Å². The lowest BCUT2D eigenvalue weighted by atomic mass is 9.73. The van der Waals surface area contributed by atoms with E-state index in [1.54, 1.807) is 21.9 Å². The molecule has 3 aliphatic rings. The van der Waals surface area contributed by atoms with Gasteiger partial charge in [0, 0.05) is 29.5 Å². The second-order valence-electron chi connectivity index (χ2n) is 9.58. The SMILES string of the molecule is O=C(C1CCCCC1)N1CC(=O)N2[C@H](C1)[C@@H](c1ccc(C#Cc3cccc(F)c3)cc1)[C@@H]2CO. The van der Waals surface area contributed by atoms with Crippen LogP contribution in [0.25, 0.3) is 0 Å². The molecule has 2 amide bonds. The zero-order chi connectivity index (χ0) is 23.7. The van der Waals surface area contributed by atoms with Crippen molar-refractivity contribution in [3.63, 3.8) is 0 Å². The Balaban J connectivity index is 1.32. The molecule has 2 aromatic carbocycles. The van der Waals surface area contributed by atoms with Crippen molar-refractivity contribution in [2.45, 2.75) is 50.1 Å². The normalized spacial score (nSPS) is 24.6. The van der Waals surface area contributed by atoms with Crippen molar-refractivity contribution in [3.8, 4) is 11.8 Å². The molecule has 2 heterocycles. The number of nitrogens with zero attached hydrogens (tertiary/aromatic N) is 2. The number of carbonyl (C=O) groups is 2. The molecule has 5 nitrogen and oxygen atoms in total. The fourth-order valence-electron chi connectivity index (χ4n) is 5.77. The third-order valence-corrected chi connectivity index (χ3v) is 7.49. The molecule has 0 radical (unpaired) electrons. The summed E-state index contributed by atoms with van der Waals surface area (Å²) >= 11 is 0. The summed E-state index contributed by atoms with van der Waals surface area (Å²) in [5, 5.41) is 10.0. The number of amides is 2. The molecule has 176 valence electrons. The summed E-state index contributed by atoms with van der Waals surface area (Å²) in [7, 11) is 0. The van der Waals surface area contributed by atoms with Crippen LogP contribution in [0.1, 0.15) is 54.7 Å². The van der Waals surface area contributed by atoms with Crippen LogP contribution in [-0.2, 0) is 9.59 Å². The fourth-order valence-corrected chi connectivity index (χ4v) is 5.77. The molecule has 6 heteroatoms. The first-order valence-corrected chi connectivity index (χ1v) is 12.1. The fraction of sp³-hybridized carbons (Fsp3) is 0.429. The number of benzene rings is 2. The van der Waals surface area contributed by atoms with E-state index in [-0.39, 0.29) is 54.7 Å². The molecular weight excluding hydrogens is 431 g/mol. The predicted octanol–water partition coefficient (Wildman–Crippen LogP) is 3.30. The van der Waals surface area contributed by atoms with E-state index in [0.29, 0.717) is 12.1 Å². The van der Waals surface area contributed by atoms with E-state index in [2.05, 4.69) is 11.8 Å². The van der Waals surface area contributed by atoms with Gasteiger partial charge in [0.05, 0.1) is 25.2 Å². The van der Waals surface area contributed by atoms with Crippen molar-refractivity contribution in [2.24, 2.45) is 5.92 Å². The molecule has 1 N–H and O–H groups in total. The van der Waals surface area contributed by atoms with Crippen LogP contribution in [0, 0.1) is 23.6 Å². The lowest BCUT2D eigenvalue weighted by molar-refractivity contribution is -0.168. The van der Waals surface area contributed by atoms with Crippen molar-refractivity contribution in [2.75, 3.05) is 19.7 Å². The molecule has 1 aliphatic carbocycles. The van der Waals surface area contributed by atoms with Crippen molar-refractivity contribution in [1.82, 2.24) is 9.80 Å². The molecule has 0 aromatic heterocycles. The lowest BCUT2D eigenvalue weighted by Crippen LogP contribution is -2.73. The first kappa shape index (κ1) is 22.6. The Morgan fingerprint density at radius 2 is 1.76 bits per heavy atom. The number of aliphatic hydroxyl groups excluding tert-OH is 1. The van der Waals surface area contributed by atoms with Gasteiger partial charge in [0.15, 0.2) is 0 Å². The van der Waals surface area contributed by atoms with Gasteiger partial charge in [-0.3, -0.25) is 9.59 Å². The van der Waals surface area contributed by atoms with Crippen molar-refractivity contribution in [1.29, 1.82) is 0 Å². The maximum absolute atomic E-state index is 13.4. The second kappa shape index (κ2) is 9.60. The lowest BCUT2D eigenvalue weighted by Gasteiger charge is -2.59. The average molecular weight is 461 g/mol. The largest absolute Gasteiger partial charge is 0.394 e. The van der Waals surface area contributed by atoms with Gasteiger partial charge in [-0.25, -0.2) is 4.39 Å². The third kappa shape index (κ3) is 4.33. The Labute approximate surface area is 199 Å². The number of halogens is 1. The highest BCUT2D eigenvalue weighted by molar-refractivity contribution is 5.88. The smallest absolute Gasteiger partial charge is 0.242 e. The van der Waals surface area contributed by atoms with Crippen molar-refractivity contribution >= 4 is 11.8 Å². The van der Waals surface area contributed by atoms with Gasteiger partial charge >= 0.3 is 0 Å². The number of rotatable bonds is 3. The van der Waals surface area contributed by atoms with Crippen molar-refractivity contribution in [3.05, 3.63) is 71.0 Å². The molecule has 0 bridgehead atoms. The quantitative estimate of drug-likeness (QED) is 0.715. The number of fused-ring (bicyclic) bond motifs is 1. The van der Waals surface area contributed by atoms with Crippen LogP contribution in [0.4, 0.5) is 4.39 Å². The number of aliphatic hydroxyl groups is 1. The Morgan fingerprint density at radius 3 is 2.47 bits per heavy atom. The van der Waals surface area contributed by atoms with Crippen LogP contribution in [0.5, 0.6) is 0 Å². The molecule has 1 saturated carbocycles. The summed E-state index contributed by atoms with van der Waals surface area (Å²) in [4.78, 5) is 29.5. The summed E-state index contributed by atoms with van der Waals surface area (Å²) in [5.74, 6) is 5.76. The summed E-state index contributed by atoms with van der Waals surface area (Å²) < 4.78 is 13.4. The van der Waals surface area contributed by atoms with Crippen LogP contribution >= 0.6 is 0 Å². The van der Waals surface area contributed by atoms with E-state index in [4.69, 9.17) is 0 Å². The van der Waals surface area contributed by atoms with Gasteiger partial charge < -0.3 is 14.9 Å². The monoisotopic (exact) mass is 460 g/mol. The minimum Gasteiger partial charge on any atom is -0.394 e. The Bertz CT molecular complexity index is 1130. The maximum Gasteiger partial charge on any atom is 0.242 e. The maximum atomic E-state index is 13.4. The van der Waals surface area contributed by atoms with Crippen molar-refractivity contribution < 1.29 is 19.1 Å². The highest BCUT2D eigenvalue weighted by atomic mass is 19.1. The Kier molecular flexibility index (Phi) is 6.38. The molecular formula is C28H29FN2O3. The molecule has 2 aliphatic heterocycles. The molecule has 3 atom stereocenters. The standard InChI is InChI=1S/C28H29FN2O3/c29-23-8-4-5-20(15-23)10-9-19-11-13-21(14-12-19)27-24-16-30(17-26(33)31(24)25(27)18-32)28(34)22-6-2-1-3-7-22/h4-5,8,11-15,22,24-25,27,32H,1-3,6-7,16-18H2/t24-,25+,27-/m1/s1. The van der Waals surface area contributed by atoms with Crippen LogP contribution in [0.15, 0.2) is 48.5 Å². The van der Waals surface area contributed by atoms with Gasteiger partial charge in [-0.15, -0.1) is 0 Å². The van der Waals surface area contributed by atoms with Gasteiger partial charge in [0.2, 0.25) is 11.8 Å². The number of carbonyl (C=O) groups excluding carboxylic acids is 2. The molecule has 34 heavy (non-hydrogen) atoms. The van der Waals surface area contributed by atoms with Gasteiger partial charge in [-0.1, -0.05) is 49.3 Å². The molecule has 2 aromatic rings. The highest BCUT2D eigenvalue weighted by Gasteiger charge is 2.54. The Hall–Kier alpha value is -3.17. The Morgan fingerprint density at radius 1 is 1.03 bits per heavy atom. The van der Waals surface area contributed by atoms with Gasteiger partial charge in [0.25, 0.3) is 0 Å². The molecule has 2 saturated heterocycles. The summed E-state index contributed by atoms with van der Waals surface area (Å²) in [6, 6.07) is 13.6. The number of hydrogen-bond acceptors (Lipinski definition) is 3. The molecule has 5 rings (SSSR count). The summed E-state index contributed by atoms with van der Waals surface area (Å²) in [5.41, 5.74) is 2.44. The van der Waals surface area contributed by atoms with Gasteiger partial charge in [0.1, 0.15) is 5.82 Å². The minimum absolute atomic E-state index is 0.0267. The second-order valence-corrected chi connectivity index (χ2v) is 9.58.